The highest BCUT2D eigenvalue weighted by Crippen LogP contribution is 2.30. The molecule has 0 N–H and O–H groups in total. The molecule has 0 aliphatic carbocycles. The van der Waals surface area contributed by atoms with E-state index in [4.69, 9.17) is 0 Å². The van der Waals surface area contributed by atoms with Crippen LogP contribution in [0.1, 0.15) is 5.56 Å². The van der Waals surface area contributed by atoms with Crippen molar-refractivity contribution in [2.75, 3.05) is 0 Å². The molecule has 1 nitrogen and oxygen atoms in total. The Morgan fingerprint density at radius 2 is 2.17 bits per heavy atom. The molecule has 0 unspecified atom stereocenters. The van der Waals surface area contributed by atoms with E-state index in [1.165, 1.54) is 10.5 Å². The predicted octanol–water partition coefficient (Wildman–Crippen LogP) is 2.33. The first-order valence-electron chi connectivity index (χ1n) is 3.72. The number of hydrogen-bond acceptors (Lipinski definition) is 2. The van der Waals surface area contributed by atoms with Gasteiger partial charge in [0.1, 0.15) is 0 Å². The third-order valence-electron chi connectivity index (χ3n) is 1.81. The fourth-order valence-corrected chi connectivity index (χ4v) is 2.06. The lowest BCUT2D eigenvalue weighted by Crippen LogP contribution is -1.97. The topological polar surface area (TPSA) is 17.1 Å². The molecule has 1 radical (unpaired) electrons. The van der Waals surface area contributed by atoms with Gasteiger partial charge in [-0.3, -0.25) is 4.79 Å². The van der Waals surface area contributed by atoms with Gasteiger partial charge in [-0.15, -0.1) is 0 Å². The van der Waals surface area contributed by atoms with Gasteiger partial charge in [-0.1, -0.05) is 30.0 Å². The van der Waals surface area contributed by atoms with Gasteiger partial charge in [0.15, 0.2) is 0 Å². The van der Waals surface area contributed by atoms with E-state index >= 15 is 0 Å². The van der Waals surface area contributed by atoms with Crippen LogP contribution in [0.2, 0.25) is 0 Å². The minimum Gasteiger partial charge on any atom is -0.285 e. The Kier molecular flexibility index (Phi) is 2.00. The molecule has 1 aromatic rings. The first-order chi connectivity index (χ1) is 5.90. The van der Waals surface area contributed by atoms with Crippen LogP contribution in [-0.4, -0.2) is 6.29 Å². The average molecular weight is 175 g/mol. The maximum Gasteiger partial charge on any atom is 0.230 e. The number of benzene rings is 1. The normalized spacial score (nSPS) is 14.8. The summed E-state index contributed by atoms with van der Waals surface area (Å²) < 4.78 is 0. The van der Waals surface area contributed by atoms with Crippen LogP contribution in [0.5, 0.6) is 0 Å². The first-order valence-corrected chi connectivity index (χ1v) is 4.60. The Morgan fingerprint density at radius 3 is 3.00 bits per heavy atom. The first kappa shape index (κ1) is 7.62. The Morgan fingerprint density at radius 1 is 1.33 bits per heavy atom. The Labute approximate surface area is 75.5 Å². The predicted molar refractivity (Wildman–Crippen MR) is 49.8 cm³/mol. The number of fused-ring (bicyclic) bond motifs is 1. The second kappa shape index (κ2) is 3.15. The zero-order valence-electron chi connectivity index (χ0n) is 6.41. The van der Waals surface area contributed by atoms with E-state index in [2.05, 4.69) is 6.07 Å². The second-order valence-electron chi connectivity index (χ2n) is 2.65. The summed E-state index contributed by atoms with van der Waals surface area (Å²) in [5.74, 6) is 0. The number of carbonyl (C=O) groups excluding carboxylic acids is 1. The van der Waals surface area contributed by atoms with Crippen molar-refractivity contribution in [3.8, 4) is 0 Å². The molecule has 1 aliphatic rings. The largest absolute Gasteiger partial charge is 0.285 e. The lowest BCUT2D eigenvalue weighted by molar-refractivity contribution is 0.561. The highest BCUT2D eigenvalue weighted by Gasteiger charge is 2.09. The van der Waals surface area contributed by atoms with E-state index in [9.17, 15) is 4.79 Å². The average Bonchev–Trinajstić information content (AvgIpc) is 2.17. The summed E-state index contributed by atoms with van der Waals surface area (Å²) in [4.78, 5) is 11.6. The van der Waals surface area contributed by atoms with Crippen molar-refractivity contribution >= 4 is 18.0 Å². The maximum absolute atomic E-state index is 10.4. The third-order valence-corrected chi connectivity index (χ3v) is 2.87. The highest BCUT2D eigenvalue weighted by molar-refractivity contribution is 8.02. The van der Waals surface area contributed by atoms with E-state index < -0.39 is 0 Å². The highest BCUT2D eigenvalue weighted by atomic mass is 32.2. The van der Waals surface area contributed by atoms with Crippen molar-refractivity contribution in [1.29, 1.82) is 0 Å². The summed E-state index contributed by atoms with van der Waals surface area (Å²) in [7, 11) is 0. The van der Waals surface area contributed by atoms with Crippen LogP contribution < -0.4 is 0 Å². The SMILES string of the molecule is O=[C]C1=CSc2ccccc2C1. The summed E-state index contributed by atoms with van der Waals surface area (Å²) >= 11 is 1.60. The van der Waals surface area contributed by atoms with Crippen molar-refractivity contribution in [2.45, 2.75) is 11.3 Å². The zero-order chi connectivity index (χ0) is 8.39. The van der Waals surface area contributed by atoms with Gasteiger partial charge >= 0.3 is 0 Å². The minimum atomic E-state index is 0.729. The van der Waals surface area contributed by atoms with Gasteiger partial charge in [-0.05, 0) is 17.0 Å². The van der Waals surface area contributed by atoms with E-state index in [1.54, 1.807) is 11.8 Å². The monoisotopic (exact) mass is 175 g/mol. The van der Waals surface area contributed by atoms with Crippen molar-refractivity contribution in [1.82, 2.24) is 0 Å². The van der Waals surface area contributed by atoms with Crippen molar-refractivity contribution in [2.24, 2.45) is 0 Å². The quantitative estimate of drug-likeness (QED) is 0.651. The molecule has 1 aromatic carbocycles. The molecular formula is C10H7OS. The van der Waals surface area contributed by atoms with Crippen molar-refractivity contribution in [3.05, 3.63) is 40.8 Å². The molecule has 2 rings (SSSR count). The minimum absolute atomic E-state index is 0.729. The van der Waals surface area contributed by atoms with Crippen molar-refractivity contribution < 1.29 is 4.79 Å². The molecular weight excluding hydrogens is 168 g/mol. The standard InChI is InChI=1S/C10H7OS/c11-6-8-5-9-3-1-2-4-10(9)12-7-8/h1-4,7H,5H2. The third kappa shape index (κ3) is 1.30. The number of rotatable bonds is 1. The number of allylic oxidation sites excluding steroid dienone is 1. The molecule has 0 saturated heterocycles. The van der Waals surface area contributed by atoms with Gasteiger partial charge in [0.2, 0.25) is 6.29 Å². The molecule has 12 heavy (non-hydrogen) atoms. The Hall–Kier alpha value is -1.02. The van der Waals surface area contributed by atoms with Crippen LogP contribution in [0, 0.1) is 0 Å². The van der Waals surface area contributed by atoms with E-state index in [0.717, 1.165) is 12.0 Å². The maximum atomic E-state index is 10.4. The summed E-state index contributed by atoms with van der Waals surface area (Å²) in [6.45, 7) is 0. The van der Waals surface area contributed by atoms with Crippen LogP contribution in [0.3, 0.4) is 0 Å². The lowest BCUT2D eigenvalue weighted by Gasteiger charge is -2.11. The van der Waals surface area contributed by atoms with Gasteiger partial charge in [-0.25, -0.2) is 0 Å². The molecule has 0 saturated carbocycles. The molecule has 0 amide bonds. The molecule has 1 aliphatic heterocycles. The van der Waals surface area contributed by atoms with Gasteiger partial charge < -0.3 is 0 Å². The number of thioether (sulfide) groups is 1. The molecule has 0 atom stereocenters. The zero-order valence-corrected chi connectivity index (χ0v) is 7.23. The van der Waals surface area contributed by atoms with E-state index in [0.29, 0.717) is 0 Å². The van der Waals surface area contributed by atoms with Crippen LogP contribution in [0.25, 0.3) is 0 Å². The fourth-order valence-electron chi connectivity index (χ4n) is 1.21. The van der Waals surface area contributed by atoms with E-state index in [-0.39, 0.29) is 0 Å². The molecule has 0 aromatic heterocycles. The summed E-state index contributed by atoms with van der Waals surface area (Å²) in [6, 6.07) is 8.12. The molecule has 0 fully saturated rings. The molecule has 2 heteroatoms. The van der Waals surface area contributed by atoms with Crippen LogP contribution >= 0.6 is 11.8 Å². The summed E-state index contributed by atoms with van der Waals surface area (Å²) in [6.07, 6.45) is 2.66. The summed E-state index contributed by atoms with van der Waals surface area (Å²) in [5, 5.41) is 1.87. The smallest absolute Gasteiger partial charge is 0.230 e. The van der Waals surface area contributed by atoms with Crippen LogP contribution in [0.15, 0.2) is 40.1 Å². The van der Waals surface area contributed by atoms with Crippen LogP contribution in [0.4, 0.5) is 0 Å². The van der Waals surface area contributed by atoms with Gasteiger partial charge in [0.25, 0.3) is 0 Å². The van der Waals surface area contributed by atoms with Gasteiger partial charge in [-0.2, -0.15) is 0 Å². The van der Waals surface area contributed by atoms with E-state index in [1.807, 2.05) is 29.9 Å². The van der Waals surface area contributed by atoms with Crippen molar-refractivity contribution in [3.63, 3.8) is 0 Å². The second-order valence-corrected chi connectivity index (χ2v) is 3.56. The van der Waals surface area contributed by atoms with Crippen LogP contribution in [-0.2, 0) is 11.2 Å². The van der Waals surface area contributed by atoms with Gasteiger partial charge in [0, 0.05) is 16.9 Å². The molecule has 0 spiro atoms. The fraction of sp³-hybridized carbons (Fsp3) is 0.100. The summed E-state index contributed by atoms with van der Waals surface area (Å²) in [5.41, 5.74) is 1.97. The molecule has 59 valence electrons. The number of hydrogen-bond donors (Lipinski definition) is 0. The lowest BCUT2D eigenvalue weighted by atomic mass is 10.1. The Balaban J connectivity index is 2.36. The van der Waals surface area contributed by atoms with Gasteiger partial charge in [0.05, 0.1) is 0 Å². The molecule has 1 heterocycles. The Bertz CT molecular complexity index is 341. The molecule has 0 bridgehead atoms.